The fraction of sp³-hybridized carbons (Fsp3) is 0.444. The van der Waals surface area contributed by atoms with Gasteiger partial charge in [-0.1, -0.05) is 0 Å². The maximum atomic E-state index is 12.1. The second-order valence-corrected chi connectivity index (χ2v) is 6.00. The summed E-state index contributed by atoms with van der Waals surface area (Å²) in [6.45, 7) is 2.69. The molecule has 1 saturated heterocycles. The zero-order valence-electron chi connectivity index (χ0n) is 14.5. The zero-order valence-corrected chi connectivity index (χ0v) is 15.3. The average molecular weight is 366 g/mol. The molecule has 25 heavy (non-hydrogen) atoms. The van der Waals surface area contributed by atoms with E-state index in [0.29, 0.717) is 24.0 Å². The van der Waals surface area contributed by atoms with E-state index < -0.39 is 0 Å². The van der Waals surface area contributed by atoms with Crippen LogP contribution in [0.3, 0.4) is 0 Å². The standard InChI is InChI=1S/C18H23N3O3.ClH/c1-23-16-5-3-14(11-17(16)24-2)15-4-6-18(22)21(20-15)12-13-7-9-19-10-8-13;/h3-6,11,13,19H,7-10,12H2,1-2H3;1H. The van der Waals surface area contributed by atoms with E-state index in [0.717, 1.165) is 37.2 Å². The van der Waals surface area contributed by atoms with Crippen molar-refractivity contribution in [3.05, 3.63) is 40.7 Å². The number of halogens is 1. The van der Waals surface area contributed by atoms with E-state index >= 15 is 0 Å². The van der Waals surface area contributed by atoms with Crippen molar-refractivity contribution in [2.24, 2.45) is 5.92 Å². The number of rotatable bonds is 5. The van der Waals surface area contributed by atoms with E-state index in [2.05, 4.69) is 10.4 Å². The highest BCUT2D eigenvalue weighted by Gasteiger charge is 2.15. The molecule has 6 nitrogen and oxygen atoms in total. The van der Waals surface area contributed by atoms with Crippen molar-refractivity contribution in [3.63, 3.8) is 0 Å². The highest BCUT2D eigenvalue weighted by atomic mass is 35.5. The molecule has 0 atom stereocenters. The molecule has 0 radical (unpaired) electrons. The number of hydrogen-bond donors (Lipinski definition) is 1. The minimum absolute atomic E-state index is 0. The van der Waals surface area contributed by atoms with E-state index in [1.165, 1.54) is 0 Å². The van der Waals surface area contributed by atoms with Crippen molar-refractivity contribution >= 4 is 12.4 Å². The van der Waals surface area contributed by atoms with Gasteiger partial charge in [0.25, 0.3) is 5.56 Å². The first kappa shape index (κ1) is 19.3. The largest absolute Gasteiger partial charge is 0.493 e. The van der Waals surface area contributed by atoms with Gasteiger partial charge in [-0.05, 0) is 56.1 Å². The van der Waals surface area contributed by atoms with Gasteiger partial charge in [0.1, 0.15) is 0 Å². The summed E-state index contributed by atoms with van der Waals surface area (Å²) in [5.74, 6) is 1.81. The molecule has 0 bridgehead atoms. The number of aromatic nitrogens is 2. The van der Waals surface area contributed by atoms with E-state index in [1.54, 1.807) is 31.0 Å². The molecular formula is C18H24ClN3O3. The molecule has 2 heterocycles. The van der Waals surface area contributed by atoms with Gasteiger partial charge >= 0.3 is 0 Å². The van der Waals surface area contributed by atoms with Gasteiger partial charge in [0.15, 0.2) is 11.5 Å². The lowest BCUT2D eigenvalue weighted by atomic mass is 9.98. The van der Waals surface area contributed by atoms with E-state index in [-0.39, 0.29) is 18.0 Å². The topological polar surface area (TPSA) is 65.4 Å². The van der Waals surface area contributed by atoms with Crippen molar-refractivity contribution in [3.8, 4) is 22.8 Å². The van der Waals surface area contributed by atoms with Gasteiger partial charge in [0, 0.05) is 18.2 Å². The third-order valence-electron chi connectivity index (χ3n) is 4.44. The van der Waals surface area contributed by atoms with Crippen molar-refractivity contribution < 1.29 is 9.47 Å². The van der Waals surface area contributed by atoms with Gasteiger partial charge in [-0.25, -0.2) is 4.68 Å². The number of piperidine rings is 1. The Bertz CT molecular complexity index is 757. The summed E-state index contributed by atoms with van der Waals surface area (Å²) >= 11 is 0. The lowest BCUT2D eigenvalue weighted by Gasteiger charge is -2.22. The Hall–Kier alpha value is -2.05. The van der Waals surface area contributed by atoms with Crippen molar-refractivity contribution in [1.82, 2.24) is 15.1 Å². The Morgan fingerprint density at radius 3 is 2.52 bits per heavy atom. The minimum atomic E-state index is -0.0576. The van der Waals surface area contributed by atoms with Crippen LogP contribution in [0.2, 0.25) is 0 Å². The molecule has 7 heteroatoms. The molecule has 1 aliphatic rings. The number of benzene rings is 1. The van der Waals surface area contributed by atoms with Crippen LogP contribution in [0.25, 0.3) is 11.3 Å². The number of hydrogen-bond acceptors (Lipinski definition) is 5. The number of nitrogens with zero attached hydrogens (tertiary/aromatic N) is 2. The number of ether oxygens (including phenoxy) is 2. The smallest absolute Gasteiger partial charge is 0.266 e. The lowest BCUT2D eigenvalue weighted by molar-refractivity contribution is 0.315. The maximum Gasteiger partial charge on any atom is 0.266 e. The van der Waals surface area contributed by atoms with Gasteiger partial charge in [-0.15, -0.1) is 12.4 Å². The van der Waals surface area contributed by atoms with Crippen LogP contribution < -0.4 is 20.3 Å². The van der Waals surface area contributed by atoms with Crippen LogP contribution in [-0.2, 0) is 6.54 Å². The Morgan fingerprint density at radius 2 is 1.84 bits per heavy atom. The number of methoxy groups -OCH3 is 2. The fourth-order valence-corrected chi connectivity index (χ4v) is 3.04. The van der Waals surface area contributed by atoms with Gasteiger partial charge in [0.05, 0.1) is 19.9 Å². The Kier molecular flexibility index (Phi) is 6.84. The maximum absolute atomic E-state index is 12.1. The summed E-state index contributed by atoms with van der Waals surface area (Å²) < 4.78 is 12.2. The Morgan fingerprint density at radius 1 is 1.12 bits per heavy atom. The Labute approximate surface area is 153 Å². The molecule has 0 unspecified atom stereocenters. The van der Waals surface area contributed by atoms with Crippen molar-refractivity contribution in [1.29, 1.82) is 0 Å². The summed E-state index contributed by atoms with van der Waals surface area (Å²) in [7, 11) is 3.21. The molecule has 1 aliphatic heterocycles. The summed E-state index contributed by atoms with van der Waals surface area (Å²) in [6, 6.07) is 8.98. The lowest BCUT2D eigenvalue weighted by Crippen LogP contribution is -2.33. The molecule has 1 aromatic carbocycles. The van der Waals surface area contributed by atoms with Crippen LogP contribution in [0.1, 0.15) is 12.8 Å². The van der Waals surface area contributed by atoms with E-state index in [1.807, 2.05) is 18.2 Å². The molecule has 2 aromatic rings. The third-order valence-corrected chi connectivity index (χ3v) is 4.44. The highest BCUT2D eigenvalue weighted by molar-refractivity contribution is 5.85. The summed E-state index contributed by atoms with van der Waals surface area (Å²) in [4.78, 5) is 12.1. The quantitative estimate of drug-likeness (QED) is 0.881. The molecule has 3 rings (SSSR count). The molecule has 1 aromatic heterocycles. The predicted octanol–water partition coefficient (Wildman–Crippen LogP) is 2.35. The van der Waals surface area contributed by atoms with Gasteiger partial charge in [0.2, 0.25) is 0 Å². The van der Waals surface area contributed by atoms with Gasteiger partial charge in [-0.2, -0.15) is 5.10 Å². The second-order valence-electron chi connectivity index (χ2n) is 6.00. The molecule has 0 amide bonds. The highest BCUT2D eigenvalue weighted by Crippen LogP contribution is 2.31. The van der Waals surface area contributed by atoms with Gasteiger partial charge < -0.3 is 14.8 Å². The first-order chi connectivity index (χ1) is 11.7. The van der Waals surface area contributed by atoms with Crippen LogP contribution in [0.4, 0.5) is 0 Å². The molecule has 1 fully saturated rings. The van der Waals surface area contributed by atoms with Crippen LogP contribution in [-0.4, -0.2) is 37.1 Å². The van der Waals surface area contributed by atoms with Crippen LogP contribution >= 0.6 is 12.4 Å². The zero-order chi connectivity index (χ0) is 16.9. The van der Waals surface area contributed by atoms with Crippen LogP contribution in [0.5, 0.6) is 11.5 Å². The van der Waals surface area contributed by atoms with E-state index in [9.17, 15) is 4.79 Å². The Balaban J connectivity index is 0.00000225. The molecule has 0 aliphatic carbocycles. The van der Waals surface area contributed by atoms with Crippen molar-refractivity contribution in [2.75, 3.05) is 27.3 Å². The van der Waals surface area contributed by atoms with E-state index in [4.69, 9.17) is 9.47 Å². The molecule has 136 valence electrons. The molecule has 1 N–H and O–H groups in total. The van der Waals surface area contributed by atoms with Crippen LogP contribution in [0.15, 0.2) is 35.1 Å². The van der Waals surface area contributed by atoms with Crippen molar-refractivity contribution in [2.45, 2.75) is 19.4 Å². The molecule has 0 saturated carbocycles. The molecular weight excluding hydrogens is 342 g/mol. The van der Waals surface area contributed by atoms with Gasteiger partial charge in [-0.3, -0.25) is 4.79 Å². The first-order valence-corrected chi connectivity index (χ1v) is 8.22. The predicted molar refractivity (Wildman–Crippen MR) is 99.9 cm³/mol. The number of nitrogens with one attached hydrogen (secondary N) is 1. The summed E-state index contributed by atoms with van der Waals surface area (Å²) in [5, 5.41) is 7.90. The third kappa shape index (κ3) is 4.52. The minimum Gasteiger partial charge on any atom is -0.493 e. The fourth-order valence-electron chi connectivity index (χ4n) is 3.04. The average Bonchev–Trinajstić information content (AvgIpc) is 2.64. The molecule has 0 spiro atoms. The second kappa shape index (κ2) is 8.87. The first-order valence-electron chi connectivity index (χ1n) is 8.22. The normalized spacial score (nSPS) is 14.6. The monoisotopic (exact) mass is 365 g/mol. The summed E-state index contributed by atoms with van der Waals surface area (Å²) in [6.07, 6.45) is 2.16. The van der Waals surface area contributed by atoms with Crippen LogP contribution in [0, 0.1) is 5.92 Å². The SMILES string of the molecule is COc1ccc(-c2ccc(=O)n(CC3CCNCC3)n2)cc1OC.Cl. The summed E-state index contributed by atoms with van der Waals surface area (Å²) in [5.41, 5.74) is 1.59.